The van der Waals surface area contributed by atoms with Crippen LogP contribution in [0.1, 0.15) is 38.7 Å². The van der Waals surface area contributed by atoms with Crippen LogP contribution in [0, 0.1) is 5.92 Å². The minimum Gasteiger partial charge on any atom is -0.393 e. The maximum Gasteiger partial charge on any atom is 0.151 e. The summed E-state index contributed by atoms with van der Waals surface area (Å²) in [4.78, 5) is 11.4. The molecule has 0 saturated heterocycles. The molecule has 0 aliphatic rings. The molecule has 0 spiro atoms. The molecule has 0 radical (unpaired) electrons. The van der Waals surface area contributed by atoms with E-state index < -0.39 is 0 Å². The molecule has 0 saturated carbocycles. The number of hydrogen-bond donors (Lipinski definition) is 4. The van der Waals surface area contributed by atoms with Crippen LogP contribution in [-0.2, 0) is 6.54 Å². The predicted octanol–water partition coefficient (Wildman–Crippen LogP) is 1.82. The molecule has 0 amide bonds. The number of aromatic amines is 1. The van der Waals surface area contributed by atoms with Crippen molar-refractivity contribution < 1.29 is 5.11 Å². The SMILES string of the molecule is CCCCC(CNCc1c[nH]c2c(N)ncnc12)C(C)O. The summed E-state index contributed by atoms with van der Waals surface area (Å²) in [5.41, 5.74) is 8.52. The van der Waals surface area contributed by atoms with Gasteiger partial charge in [-0.2, -0.15) is 0 Å². The van der Waals surface area contributed by atoms with Gasteiger partial charge in [-0.15, -0.1) is 0 Å². The Hall–Kier alpha value is -1.66. The van der Waals surface area contributed by atoms with E-state index in [1.165, 1.54) is 6.33 Å². The summed E-state index contributed by atoms with van der Waals surface area (Å²) in [6, 6.07) is 0. The first-order chi connectivity index (χ1) is 10.1. The number of aliphatic hydroxyl groups is 1. The fourth-order valence-corrected chi connectivity index (χ4v) is 2.52. The van der Waals surface area contributed by atoms with E-state index in [-0.39, 0.29) is 12.0 Å². The molecule has 6 nitrogen and oxygen atoms in total. The summed E-state index contributed by atoms with van der Waals surface area (Å²) < 4.78 is 0. The molecule has 2 aromatic rings. The van der Waals surface area contributed by atoms with E-state index in [0.29, 0.717) is 12.4 Å². The fraction of sp³-hybridized carbons (Fsp3) is 0.600. The van der Waals surface area contributed by atoms with Crippen molar-refractivity contribution in [3.63, 3.8) is 0 Å². The van der Waals surface area contributed by atoms with Crippen LogP contribution in [-0.4, -0.2) is 32.7 Å². The Morgan fingerprint density at radius 1 is 1.43 bits per heavy atom. The highest BCUT2D eigenvalue weighted by Crippen LogP contribution is 2.19. The molecule has 0 aliphatic carbocycles. The number of anilines is 1. The second kappa shape index (κ2) is 7.38. The predicted molar refractivity (Wildman–Crippen MR) is 84.7 cm³/mol. The van der Waals surface area contributed by atoms with E-state index in [4.69, 9.17) is 5.73 Å². The number of nitrogens with one attached hydrogen (secondary N) is 2. The maximum absolute atomic E-state index is 9.82. The molecule has 2 heterocycles. The molecular weight excluding hydrogens is 266 g/mol. The number of aliphatic hydroxyl groups excluding tert-OH is 1. The van der Waals surface area contributed by atoms with Crippen molar-refractivity contribution in [2.75, 3.05) is 12.3 Å². The van der Waals surface area contributed by atoms with Gasteiger partial charge in [0, 0.05) is 24.8 Å². The number of rotatable bonds is 8. The third kappa shape index (κ3) is 3.92. The minimum atomic E-state index is -0.287. The Bertz CT molecular complexity index is 566. The van der Waals surface area contributed by atoms with E-state index in [2.05, 4.69) is 27.2 Å². The Labute approximate surface area is 125 Å². The Morgan fingerprint density at radius 2 is 2.24 bits per heavy atom. The van der Waals surface area contributed by atoms with Crippen molar-refractivity contribution in [2.45, 2.75) is 45.8 Å². The number of nitrogen functional groups attached to an aromatic ring is 1. The van der Waals surface area contributed by atoms with Crippen LogP contribution >= 0.6 is 0 Å². The van der Waals surface area contributed by atoms with Crippen molar-refractivity contribution in [1.29, 1.82) is 0 Å². The lowest BCUT2D eigenvalue weighted by Crippen LogP contribution is -2.29. The van der Waals surface area contributed by atoms with E-state index in [1.807, 2.05) is 13.1 Å². The lowest BCUT2D eigenvalue weighted by atomic mass is 9.97. The van der Waals surface area contributed by atoms with Crippen molar-refractivity contribution in [2.24, 2.45) is 5.92 Å². The molecule has 2 unspecified atom stereocenters. The number of nitrogens with two attached hydrogens (primary N) is 1. The minimum absolute atomic E-state index is 0.287. The van der Waals surface area contributed by atoms with Crippen LogP contribution in [0.25, 0.3) is 11.0 Å². The van der Waals surface area contributed by atoms with E-state index >= 15 is 0 Å². The van der Waals surface area contributed by atoms with E-state index in [1.54, 1.807) is 0 Å². The van der Waals surface area contributed by atoms with Crippen LogP contribution in [0.2, 0.25) is 0 Å². The first-order valence-electron chi connectivity index (χ1n) is 7.58. The average molecular weight is 291 g/mol. The van der Waals surface area contributed by atoms with Gasteiger partial charge in [-0.1, -0.05) is 19.8 Å². The van der Waals surface area contributed by atoms with Crippen molar-refractivity contribution in [3.05, 3.63) is 18.1 Å². The van der Waals surface area contributed by atoms with Gasteiger partial charge in [-0.05, 0) is 19.3 Å². The Balaban J connectivity index is 1.93. The number of unbranched alkanes of at least 4 members (excludes halogenated alkanes) is 1. The highest BCUT2D eigenvalue weighted by Gasteiger charge is 2.14. The number of fused-ring (bicyclic) bond motifs is 1. The van der Waals surface area contributed by atoms with Crippen LogP contribution in [0.15, 0.2) is 12.5 Å². The average Bonchev–Trinajstić information content (AvgIpc) is 2.87. The number of H-pyrrole nitrogens is 1. The van der Waals surface area contributed by atoms with Crippen LogP contribution in [0.4, 0.5) is 5.82 Å². The molecule has 2 atom stereocenters. The molecular formula is C15H25N5O. The van der Waals surface area contributed by atoms with Gasteiger partial charge in [-0.3, -0.25) is 0 Å². The Morgan fingerprint density at radius 3 is 2.95 bits per heavy atom. The van der Waals surface area contributed by atoms with E-state index in [9.17, 15) is 5.11 Å². The molecule has 6 heteroatoms. The van der Waals surface area contributed by atoms with E-state index in [0.717, 1.165) is 42.4 Å². The first-order valence-corrected chi connectivity index (χ1v) is 7.58. The van der Waals surface area contributed by atoms with Crippen LogP contribution in [0.5, 0.6) is 0 Å². The summed E-state index contributed by atoms with van der Waals surface area (Å²) in [6.07, 6.45) is 6.45. The molecule has 2 rings (SSSR count). The first kappa shape index (κ1) is 15.7. The molecule has 2 aromatic heterocycles. The van der Waals surface area contributed by atoms with Crippen LogP contribution < -0.4 is 11.1 Å². The van der Waals surface area contributed by atoms with Gasteiger partial charge in [-0.25, -0.2) is 9.97 Å². The topological polar surface area (TPSA) is 99.9 Å². The number of hydrogen-bond acceptors (Lipinski definition) is 5. The highest BCUT2D eigenvalue weighted by molar-refractivity contribution is 5.86. The normalized spacial score (nSPS) is 14.4. The van der Waals surface area contributed by atoms with Crippen molar-refractivity contribution in [1.82, 2.24) is 20.3 Å². The third-order valence-electron chi connectivity index (χ3n) is 3.90. The van der Waals surface area contributed by atoms with Gasteiger partial charge in [0.1, 0.15) is 11.8 Å². The van der Waals surface area contributed by atoms with Gasteiger partial charge in [0.2, 0.25) is 0 Å². The lowest BCUT2D eigenvalue weighted by Gasteiger charge is -2.20. The zero-order valence-electron chi connectivity index (χ0n) is 12.8. The molecule has 0 fully saturated rings. The molecule has 116 valence electrons. The van der Waals surface area contributed by atoms with Crippen molar-refractivity contribution in [3.8, 4) is 0 Å². The standard InChI is InChI=1S/C15H25N5O/c1-3-4-5-11(10(2)21)6-17-7-12-8-18-14-13(12)19-9-20-15(14)16/h8-11,17-18,21H,3-7H2,1-2H3,(H2,16,19,20). The molecule has 0 aliphatic heterocycles. The third-order valence-corrected chi connectivity index (χ3v) is 3.90. The molecule has 0 aromatic carbocycles. The molecule has 21 heavy (non-hydrogen) atoms. The Kier molecular flexibility index (Phi) is 5.52. The fourth-order valence-electron chi connectivity index (χ4n) is 2.52. The summed E-state index contributed by atoms with van der Waals surface area (Å²) in [5.74, 6) is 0.755. The van der Waals surface area contributed by atoms with Gasteiger partial charge >= 0.3 is 0 Å². The summed E-state index contributed by atoms with van der Waals surface area (Å²) >= 11 is 0. The monoisotopic (exact) mass is 291 g/mol. The highest BCUT2D eigenvalue weighted by atomic mass is 16.3. The zero-order chi connectivity index (χ0) is 15.2. The summed E-state index contributed by atoms with van der Waals surface area (Å²) in [5, 5.41) is 13.2. The largest absolute Gasteiger partial charge is 0.393 e. The quantitative estimate of drug-likeness (QED) is 0.594. The van der Waals surface area contributed by atoms with Gasteiger partial charge < -0.3 is 21.1 Å². The van der Waals surface area contributed by atoms with Crippen molar-refractivity contribution >= 4 is 16.9 Å². The molecule has 0 bridgehead atoms. The number of nitrogens with zero attached hydrogens (tertiary/aromatic N) is 2. The van der Waals surface area contributed by atoms with Gasteiger partial charge in [0.05, 0.1) is 11.6 Å². The maximum atomic E-state index is 9.82. The second-order valence-corrected chi connectivity index (χ2v) is 5.57. The lowest BCUT2D eigenvalue weighted by molar-refractivity contribution is 0.117. The molecule has 5 N–H and O–H groups in total. The summed E-state index contributed by atoms with van der Waals surface area (Å²) in [7, 11) is 0. The van der Waals surface area contributed by atoms with Gasteiger partial charge in [0.25, 0.3) is 0 Å². The van der Waals surface area contributed by atoms with Crippen LogP contribution in [0.3, 0.4) is 0 Å². The smallest absolute Gasteiger partial charge is 0.151 e. The summed E-state index contributed by atoms with van der Waals surface area (Å²) in [6.45, 7) is 5.53. The zero-order valence-corrected chi connectivity index (χ0v) is 12.8. The number of aromatic nitrogens is 3. The van der Waals surface area contributed by atoms with Gasteiger partial charge in [0.15, 0.2) is 5.82 Å². The second-order valence-electron chi connectivity index (χ2n) is 5.57.